The van der Waals surface area contributed by atoms with E-state index in [0.717, 1.165) is 0 Å². The Balaban J connectivity index is 1.60. The van der Waals surface area contributed by atoms with Gasteiger partial charge in [0.05, 0.1) is 18.2 Å². The van der Waals surface area contributed by atoms with E-state index >= 15 is 0 Å². The number of aliphatic hydroxyl groups is 5. The summed E-state index contributed by atoms with van der Waals surface area (Å²) in [6.45, 7) is -0.598. The molecule has 0 bridgehead atoms. The first kappa shape index (κ1) is 21.2. The molecule has 10 nitrogen and oxygen atoms in total. The summed E-state index contributed by atoms with van der Waals surface area (Å²) in [4.78, 5) is 0. The Morgan fingerprint density at radius 1 is 0.935 bits per heavy atom. The van der Waals surface area contributed by atoms with Crippen molar-refractivity contribution in [3.05, 3.63) is 47.5 Å². The van der Waals surface area contributed by atoms with Crippen LogP contribution in [0.1, 0.15) is 17.2 Å². The van der Waals surface area contributed by atoms with Gasteiger partial charge >= 0.3 is 0 Å². The summed E-state index contributed by atoms with van der Waals surface area (Å²) < 4.78 is 15.6. The third-order valence-corrected chi connectivity index (χ3v) is 5.26. The van der Waals surface area contributed by atoms with E-state index in [9.17, 15) is 35.7 Å². The van der Waals surface area contributed by atoms with Gasteiger partial charge in [0.15, 0.2) is 11.5 Å². The van der Waals surface area contributed by atoms with Gasteiger partial charge in [-0.2, -0.15) is 0 Å². The fourth-order valence-electron chi connectivity index (χ4n) is 3.55. The number of aromatic hydroxyl groups is 4. The number of fused-ring (bicyclic) bond motifs is 1. The number of rotatable bonds is 4. The first-order chi connectivity index (χ1) is 14.8. The average molecular weight is 435 g/mol. The van der Waals surface area contributed by atoms with Crippen LogP contribution in [0, 0.1) is 0 Å². The maximum Gasteiger partial charge on any atom is 0.270 e. The minimum absolute atomic E-state index is 0.103. The highest BCUT2D eigenvalue weighted by atomic mass is 16.7. The maximum absolute atomic E-state index is 10.2. The van der Waals surface area contributed by atoms with Gasteiger partial charge < -0.3 is 50.0 Å². The Hall–Kier alpha value is -3.02. The molecule has 31 heavy (non-hydrogen) atoms. The summed E-state index contributed by atoms with van der Waals surface area (Å²) in [5.41, 5.74) is 1.07. The second-order valence-electron chi connectivity index (χ2n) is 7.37. The van der Waals surface area contributed by atoms with Gasteiger partial charge in [-0.3, -0.25) is 0 Å². The Labute approximate surface area is 176 Å². The summed E-state index contributed by atoms with van der Waals surface area (Å²) in [5.74, 6) is -0.248. The van der Waals surface area contributed by atoms with Crippen LogP contribution >= 0.6 is 0 Å². The molecule has 0 saturated carbocycles. The van der Waals surface area contributed by atoms with E-state index in [1.54, 1.807) is 18.2 Å². The summed E-state index contributed by atoms with van der Waals surface area (Å²) in [6, 6.07) is 7.03. The van der Waals surface area contributed by atoms with Crippen molar-refractivity contribution in [1.82, 2.24) is 0 Å². The zero-order valence-electron chi connectivity index (χ0n) is 16.1. The van der Waals surface area contributed by atoms with Gasteiger partial charge in [-0.05, 0) is 24.3 Å². The zero-order chi connectivity index (χ0) is 22.3. The molecule has 2 aliphatic rings. The molecule has 4 rings (SSSR count). The van der Waals surface area contributed by atoms with E-state index in [1.165, 1.54) is 24.3 Å². The van der Waals surface area contributed by atoms with Gasteiger partial charge in [-0.15, -0.1) is 0 Å². The second-order valence-corrected chi connectivity index (χ2v) is 7.37. The monoisotopic (exact) mass is 435 g/mol. The van der Waals surface area contributed by atoms with Crippen LogP contribution in [0.2, 0.25) is 0 Å². The lowest BCUT2D eigenvalue weighted by Gasteiger charge is -2.39. The summed E-state index contributed by atoms with van der Waals surface area (Å²) in [5, 5.41) is 68.7. The standard InChI is InChI=1S/C21H22O10/c22-8-17-18(26)19(27)20(28)21(31-17)30-16-7-10(23)6-15-11(16)2-4-14(29-15)9-1-3-12(24)13(25)5-9/h1-7,14,17-28H,8H2/p+1/t14?,17-,18-,19+,20-,21-/m1/s1. The van der Waals surface area contributed by atoms with Crippen LogP contribution in [0.4, 0.5) is 0 Å². The molecule has 0 radical (unpaired) electrons. The Morgan fingerprint density at radius 2 is 1.71 bits per heavy atom. The van der Waals surface area contributed by atoms with Crippen molar-refractivity contribution in [2.24, 2.45) is 0 Å². The van der Waals surface area contributed by atoms with Gasteiger partial charge in [0.2, 0.25) is 12.4 Å². The van der Waals surface area contributed by atoms with E-state index < -0.39 is 43.4 Å². The van der Waals surface area contributed by atoms with Crippen molar-refractivity contribution in [1.29, 1.82) is 0 Å². The summed E-state index contributed by atoms with van der Waals surface area (Å²) >= 11 is 0. The van der Waals surface area contributed by atoms with Crippen molar-refractivity contribution >= 4 is 6.08 Å². The van der Waals surface area contributed by atoms with Crippen LogP contribution in [0.5, 0.6) is 28.7 Å². The third kappa shape index (κ3) is 3.99. The molecule has 6 atom stereocenters. The van der Waals surface area contributed by atoms with Crippen LogP contribution in [-0.2, 0) is 4.74 Å². The fraction of sp³-hybridized carbons (Fsp3) is 0.333. The second kappa shape index (κ2) is 8.25. The molecule has 166 valence electrons. The van der Waals surface area contributed by atoms with Gasteiger partial charge in [0.25, 0.3) is 5.75 Å². The lowest BCUT2D eigenvalue weighted by Crippen LogP contribution is -2.60. The number of hydrogen-bond donors (Lipinski definition) is 7. The average Bonchev–Trinajstić information content (AvgIpc) is 2.75. The number of hydrogen-bond acceptors (Lipinski definition) is 9. The Bertz CT molecular complexity index is 988. The minimum Gasteiger partial charge on any atom is -0.574 e. The molecule has 1 fully saturated rings. The molecular formula is C21H23O10+. The van der Waals surface area contributed by atoms with Gasteiger partial charge in [-0.1, -0.05) is 0 Å². The quantitative estimate of drug-likeness (QED) is 0.257. The van der Waals surface area contributed by atoms with Crippen molar-refractivity contribution in [2.75, 3.05) is 6.61 Å². The lowest BCUT2D eigenvalue weighted by molar-refractivity contribution is -0.277. The topological polar surface area (TPSA) is 173 Å². The van der Waals surface area contributed by atoms with Crippen LogP contribution in [0.15, 0.2) is 36.4 Å². The predicted molar refractivity (Wildman–Crippen MR) is 106 cm³/mol. The Morgan fingerprint density at radius 3 is 2.42 bits per heavy atom. The highest BCUT2D eigenvalue weighted by Crippen LogP contribution is 2.43. The lowest BCUT2D eigenvalue weighted by atomic mass is 9.99. The molecule has 2 heterocycles. The van der Waals surface area contributed by atoms with E-state index in [1.807, 2.05) is 0 Å². The first-order valence-electron chi connectivity index (χ1n) is 9.53. The normalized spacial score (nSPS) is 29.8. The molecule has 10 heteroatoms. The molecule has 2 aromatic rings. The largest absolute Gasteiger partial charge is 0.574 e. The maximum atomic E-state index is 10.2. The summed E-state index contributed by atoms with van der Waals surface area (Å²) in [6.07, 6.45) is -4.38. The number of phenols is 3. The number of phenolic OH excluding ortho intramolecular Hbond substituents is 3. The molecule has 0 amide bonds. The highest BCUT2D eigenvalue weighted by molar-refractivity contribution is 5.68. The molecule has 1 saturated heterocycles. The van der Waals surface area contributed by atoms with Gasteiger partial charge in [-0.25, -0.2) is 0 Å². The van der Waals surface area contributed by atoms with Crippen LogP contribution in [0.3, 0.4) is 0 Å². The SMILES string of the molecule is OC[C@H]1O[C@@H](Oc2cc(O)cc3c2C=CC(c2ccc(O)c(O)c2)[OH+]3)[C@H](O)[C@@H](O)[C@@H]1O. The molecule has 2 aliphatic heterocycles. The highest BCUT2D eigenvalue weighted by Gasteiger charge is 2.45. The van der Waals surface area contributed by atoms with Crippen LogP contribution in [-0.4, -0.2) is 77.8 Å². The van der Waals surface area contributed by atoms with Crippen molar-refractivity contribution < 1.29 is 50.0 Å². The number of ether oxygens (including phenoxy) is 3. The van der Waals surface area contributed by atoms with Crippen molar-refractivity contribution in [2.45, 2.75) is 36.8 Å². The fourth-order valence-corrected chi connectivity index (χ4v) is 3.55. The smallest absolute Gasteiger partial charge is 0.270 e. The zero-order valence-corrected chi connectivity index (χ0v) is 16.1. The molecule has 2 aromatic carbocycles. The Kier molecular flexibility index (Phi) is 5.65. The molecule has 1 unspecified atom stereocenters. The molecular weight excluding hydrogens is 412 g/mol. The predicted octanol–water partition coefficient (Wildman–Crippen LogP) is -0.00850. The van der Waals surface area contributed by atoms with Gasteiger partial charge in [0.1, 0.15) is 41.5 Å². The number of benzene rings is 2. The molecule has 0 spiro atoms. The van der Waals surface area contributed by atoms with E-state index in [-0.39, 0.29) is 23.0 Å². The first-order valence-corrected chi connectivity index (χ1v) is 9.53. The van der Waals surface area contributed by atoms with Crippen LogP contribution in [0.25, 0.3) is 6.08 Å². The van der Waals surface area contributed by atoms with E-state index in [0.29, 0.717) is 16.9 Å². The van der Waals surface area contributed by atoms with Crippen molar-refractivity contribution in [3.63, 3.8) is 0 Å². The van der Waals surface area contributed by atoms with E-state index in [4.69, 9.17) is 9.47 Å². The van der Waals surface area contributed by atoms with Crippen molar-refractivity contribution in [3.8, 4) is 28.7 Å². The molecule has 0 aliphatic carbocycles. The number of aliphatic hydroxyl groups excluding tert-OH is 4. The van der Waals surface area contributed by atoms with Crippen LogP contribution < -0.4 is 4.74 Å². The summed E-state index contributed by atoms with van der Waals surface area (Å²) in [7, 11) is 0. The van der Waals surface area contributed by atoms with Gasteiger partial charge in [0, 0.05) is 12.1 Å². The minimum atomic E-state index is -1.60. The molecule has 0 aromatic heterocycles. The third-order valence-electron chi connectivity index (χ3n) is 5.26. The van der Waals surface area contributed by atoms with E-state index in [2.05, 4.69) is 4.74 Å². The molecule has 8 N–H and O–H groups in total.